The summed E-state index contributed by atoms with van der Waals surface area (Å²) < 4.78 is 4.64. The first-order valence-corrected chi connectivity index (χ1v) is 8.03. The van der Waals surface area contributed by atoms with Crippen LogP contribution in [0.4, 0.5) is 0 Å². The number of rotatable bonds is 8. The second-order valence-electron chi connectivity index (χ2n) is 6.08. The zero-order chi connectivity index (χ0) is 18.1. The molecule has 0 atom stereocenters. The van der Waals surface area contributed by atoms with E-state index in [0.29, 0.717) is 31.1 Å². The lowest BCUT2D eigenvalue weighted by Crippen LogP contribution is -2.36. The number of ether oxygens (including phenoxy) is 1. The highest BCUT2D eigenvalue weighted by atomic mass is 16.5. The van der Waals surface area contributed by atoms with Gasteiger partial charge in [-0.05, 0) is 23.6 Å². The maximum absolute atomic E-state index is 12.7. The molecule has 0 bridgehead atoms. The van der Waals surface area contributed by atoms with E-state index in [9.17, 15) is 14.4 Å². The predicted molar refractivity (Wildman–Crippen MR) is 91.3 cm³/mol. The fourth-order valence-corrected chi connectivity index (χ4v) is 2.22. The monoisotopic (exact) mass is 334 g/mol. The van der Waals surface area contributed by atoms with Crippen LogP contribution in [0.5, 0.6) is 0 Å². The summed E-state index contributed by atoms with van der Waals surface area (Å²) in [6.45, 7) is 6.84. The Morgan fingerprint density at radius 2 is 1.79 bits per heavy atom. The van der Waals surface area contributed by atoms with E-state index < -0.39 is 0 Å². The summed E-state index contributed by atoms with van der Waals surface area (Å²) in [4.78, 5) is 36.6. The Balaban J connectivity index is 2.77. The standard InChI is InChI=1S/C18H26N2O4/c1-13(2)12-20(10-9-17(22)24-4)18(23)16-7-5-15(6-8-16)11-19-14(3)21/h5-8,13H,9-12H2,1-4H3,(H,19,21). The Morgan fingerprint density at radius 3 is 2.29 bits per heavy atom. The Labute approximate surface area is 143 Å². The summed E-state index contributed by atoms with van der Waals surface area (Å²) in [5.41, 5.74) is 1.49. The molecule has 0 saturated heterocycles. The van der Waals surface area contributed by atoms with Crippen molar-refractivity contribution in [2.45, 2.75) is 33.7 Å². The predicted octanol–water partition coefficient (Wildman–Crippen LogP) is 1.98. The second kappa shape index (κ2) is 9.70. The molecule has 1 rings (SSSR count). The van der Waals surface area contributed by atoms with Gasteiger partial charge < -0.3 is 15.0 Å². The number of methoxy groups -OCH3 is 1. The summed E-state index contributed by atoms with van der Waals surface area (Å²) in [6.07, 6.45) is 0.176. The largest absolute Gasteiger partial charge is 0.469 e. The number of carbonyl (C=O) groups is 3. The lowest BCUT2D eigenvalue weighted by molar-refractivity contribution is -0.140. The van der Waals surface area contributed by atoms with Crippen LogP contribution >= 0.6 is 0 Å². The van der Waals surface area contributed by atoms with E-state index in [1.165, 1.54) is 14.0 Å². The van der Waals surface area contributed by atoms with Gasteiger partial charge in [0.05, 0.1) is 13.5 Å². The van der Waals surface area contributed by atoms with Gasteiger partial charge in [-0.15, -0.1) is 0 Å². The van der Waals surface area contributed by atoms with Gasteiger partial charge in [-0.2, -0.15) is 0 Å². The van der Waals surface area contributed by atoms with E-state index in [2.05, 4.69) is 10.1 Å². The highest BCUT2D eigenvalue weighted by Gasteiger charge is 2.18. The van der Waals surface area contributed by atoms with E-state index in [-0.39, 0.29) is 24.2 Å². The van der Waals surface area contributed by atoms with Crippen LogP contribution in [0.15, 0.2) is 24.3 Å². The lowest BCUT2D eigenvalue weighted by Gasteiger charge is -2.24. The summed E-state index contributed by atoms with van der Waals surface area (Å²) in [5, 5.41) is 2.71. The average Bonchev–Trinajstić information content (AvgIpc) is 2.55. The number of nitrogens with one attached hydrogen (secondary N) is 1. The summed E-state index contributed by atoms with van der Waals surface area (Å²) >= 11 is 0. The van der Waals surface area contributed by atoms with Crippen molar-refractivity contribution in [1.82, 2.24) is 10.2 Å². The first-order chi connectivity index (χ1) is 11.3. The number of nitrogens with zero attached hydrogens (tertiary/aromatic N) is 1. The third kappa shape index (κ3) is 6.81. The molecule has 0 aliphatic heterocycles. The minimum absolute atomic E-state index is 0.0962. The molecule has 0 spiro atoms. The molecule has 24 heavy (non-hydrogen) atoms. The molecule has 0 heterocycles. The zero-order valence-corrected chi connectivity index (χ0v) is 14.8. The SMILES string of the molecule is COC(=O)CCN(CC(C)C)C(=O)c1ccc(CNC(C)=O)cc1. The molecule has 2 amide bonds. The van der Waals surface area contributed by atoms with Crippen LogP contribution in [0, 0.1) is 5.92 Å². The lowest BCUT2D eigenvalue weighted by atomic mass is 10.1. The smallest absolute Gasteiger partial charge is 0.307 e. The van der Waals surface area contributed by atoms with E-state index in [4.69, 9.17) is 0 Å². The Hall–Kier alpha value is -2.37. The fraction of sp³-hybridized carbons (Fsp3) is 0.500. The molecule has 0 aliphatic carbocycles. The molecule has 0 fully saturated rings. The number of hydrogen-bond acceptors (Lipinski definition) is 4. The van der Waals surface area contributed by atoms with Gasteiger partial charge in [0.2, 0.25) is 5.91 Å². The van der Waals surface area contributed by atoms with Crippen molar-refractivity contribution >= 4 is 17.8 Å². The van der Waals surface area contributed by atoms with Crippen molar-refractivity contribution in [3.63, 3.8) is 0 Å². The molecular formula is C18H26N2O4. The topological polar surface area (TPSA) is 75.7 Å². The van der Waals surface area contributed by atoms with Gasteiger partial charge in [-0.3, -0.25) is 14.4 Å². The van der Waals surface area contributed by atoms with Crippen LogP contribution in [0.25, 0.3) is 0 Å². The van der Waals surface area contributed by atoms with Crippen LogP contribution in [-0.2, 0) is 20.9 Å². The van der Waals surface area contributed by atoms with Gasteiger partial charge >= 0.3 is 5.97 Å². The molecule has 1 N–H and O–H groups in total. The molecule has 132 valence electrons. The van der Waals surface area contributed by atoms with Gasteiger partial charge in [0.15, 0.2) is 0 Å². The van der Waals surface area contributed by atoms with E-state index >= 15 is 0 Å². The molecule has 6 nitrogen and oxygen atoms in total. The van der Waals surface area contributed by atoms with Crippen molar-refractivity contribution in [3.8, 4) is 0 Å². The summed E-state index contributed by atoms with van der Waals surface area (Å²) in [5.74, 6) is -0.243. The molecule has 1 aromatic rings. The molecular weight excluding hydrogens is 308 g/mol. The van der Waals surface area contributed by atoms with Crippen LogP contribution in [0.2, 0.25) is 0 Å². The highest BCUT2D eigenvalue weighted by Crippen LogP contribution is 2.11. The molecule has 0 saturated carbocycles. The van der Waals surface area contributed by atoms with Crippen molar-refractivity contribution in [2.75, 3.05) is 20.2 Å². The summed E-state index contributed by atoms with van der Waals surface area (Å²) in [6, 6.07) is 7.12. The van der Waals surface area contributed by atoms with Crippen molar-refractivity contribution in [3.05, 3.63) is 35.4 Å². The zero-order valence-electron chi connectivity index (χ0n) is 14.8. The fourth-order valence-electron chi connectivity index (χ4n) is 2.22. The Morgan fingerprint density at radius 1 is 1.17 bits per heavy atom. The van der Waals surface area contributed by atoms with Gasteiger partial charge in [0.25, 0.3) is 5.91 Å². The van der Waals surface area contributed by atoms with Crippen LogP contribution in [0.1, 0.15) is 43.1 Å². The normalized spacial score (nSPS) is 10.4. The molecule has 0 aliphatic rings. The molecule has 0 unspecified atom stereocenters. The summed E-state index contributed by atoms with van der Waals surface area (Å²) in [7, 11) is 1.34. The number of hydrogen-bond donors (Lipinski definition) is 1. The Bertz CT molecular complexity index is 567. The van der Waals surface area contributed by atoms with Crippen molar-refractivity contribution in [2.24, 2.45) is 5.92 Å². The minimum Gasteiger partial charge on any atom is -0.469 e. The second-order valence-corrected chi connectivity index (χ2v) is 6.08. The van der Waals surface area contributed by atoms with E-state index in [0.717, 1.165) is 5.56 Å². The van der Waals surface area contributed by atoms with Gasteiger partial charge in [-0.1, -0.05) is 26.0 Å². The Kier molecular flexibility index (Phi) is 7.95. The van der Waals surface area contributed by atoms with Crippen molar-refractivity contribution < 1.29 is 19.1 Å². The number of carbonyl (C=O) groups excluding carboxylic acids is 3. The highest BCUT2D eigenvalue weighted by molar-refractivity contribution is 5.94. The first kappa shape index (κ1) is 19.7. The molecule has 0 aromatic heterocycles. The number of esters is 1. The van der Waals surface area contributed by atoms with Gasteiger partial charge in [0, 0.05) is 32.1 Å². The van der Waals surface area contributed by atoms with E-state index in [1.807, 2.05) is 26.0 Å². The average molecular weight is 334 g/mol. The maximum Gasteiger partial charge on any atom is 0.307 e. The maximum atomic E-state index is 12.7. The molecule has 6 heteroatoms. The quantitative estimate of drug-likeness (QED) is 0.738. The van der Waals surface area contributed by atoms with Gasteiger partial charge in [0.1, 0.15) is 0 Å². The van der Waals surface area contributed by atoms with Crippen LogP contribution in [0.3, 0.4) is 0 Å². The van der Waals surface area contributed by atoms with E-state index in [1.54, 1.807) is 17.0 Å². The molecule has 0 radical (unpaired) electrons. The van der Waals surface area contributed by atoms with Gasteiger partial charge in [-0.25, -0.2) is 0 Å². The number of benzene rings is 1. The number of amides is 2. The molecule has 1 aromatic carbocycles. The minimum atomic E-state index is -0.331. The first-order valence-electron chi connectivity index (χ1n) is 8.03. The van der Waals surface area contributed by atoms with Crippen molar-refractivity contribution in [1.29, 1.82) is 0 Å². The third-order valence-corrected chi connectivity index (χ3v) is 3.43. The van der Waals surface area contributed by atoms with Crippen LogP contribution < -0.4 is 5.32 Å². The van der Waals surface area contributed by atoms with Crippen LogP contribution in [-0.4, -0.2) is 42.9 Å². The third-order valence-electron chi connectivity index (χ3n) is 3.43.